The van der Waals surface area contributed by atoms with Crippen LogP contribution in [0.3, 0.4) is 0 Å². The molecule has 0 heterocycles. The van der Waals surface area contributed by atoms with Gasteiger partial charge in [-0.1, -0.05) is 31.2 Å². The van der Waals surface area contributed by atoms with Crippen LogP contribution in [0, 0.1) is 0 Å². The molecule has 0 saturated heterocycles. The summed E-state index contributed by atoms with van der Waals surface area (Å²) in [5.41, 5.74) is 2.48. The molecular weight excluding hydrogens is 292 g/mol. The summed E-state index contributed by atoms with van der Waals surface area (Å²) in [5, 5.41) is 5.44. The van der Waals surface area contributed by atoms with Crippen LogP contribution < -0.4 is 15.4 Å². The van der Waals surface area contributed by atoms with Crippen molar-refractivity contribution in [3.05, 3.63) is 54.1 Å². The highest BCUT2D eigenvalue weighted by atomic mass is 16.5. The monoisotopic (exact) mass is 312 g/mol. The highest BCUT2D eigenvalue weighted by Crippen LogP contribution is 2.23. The largest absolute Gasteiger partial charge is 0.482 e. The van der Waals surface area contributed by atoms with Crippen molar-refractivity contribution >= 4 is 23.2 Å². The lowest BCUT2D eigenvalue weighted by atomic mass is 10.1. The minimum atomic E-state index is -0.258. The van der Waals surface area contributed by atoms with Crippen LogP contribution in [0.1, 0.15) is 19.4 Å². The van der Waals surface area contributed by atoms with E-state index < -0.39 is 0 Å². The van der Waals surface area contributed by atoms with Gasteiger partial charge in [-0.15, -0.1) is 0 Å². The second kappa shape index (κ2) is 7.98. The van der Waals surface area contributed by atoms with Gasteiger partial charge < -0.3 is 15.4 Å². The number of hydrogen-bond acceptors (Lipinski definition) is 3. The van der Waals surface area contributed by atoms with Gasteiger partial charge in [-0.2, -0.15) is 0 Å². The Balaban J connectivity index is 1.92. The fourth-order valence-corrected chi connectivity index (χ4v) is 2.05. The van der Waals surface area contributed by atoms with Gasteiger partial charge in [0.2, 0.25) is 5.91 Å². The number of amides is 2. The summed E-state index contributed by atoms with van der Waals surface area (Å²) in [7, 11) is 0. The van der Waals surface area contributed by atoms with Crippen molar-refractivity contribution in [3.63, 3.8) is 0 Å². The molecule has 0 spiro atoms. The SMILES string of the molecule is CCc1ccc(NC(=O)COc2ccccc2NC(C)=O)cc1. The van der Waals surface area contributed by atoms with Gasteiger partial charge in [-0.05, 0) is 36.2 Å². The van der Waals surface area contributed by atoms with Crippen LogP contribution in [0.2, 0.25) is 0 Å². The quantitative estimate of drug-likeness (QED) is 0.860. The lowest BCUT2D eigenvalue weighted by molar-refractivity contribution is -0.118. The Hall–Kier alpha value is -2.82. The molecule has 5 nitrogen and oxygen atoms in total. The van der Waals surface area contributed by atoms with E-state index in [2.05, 4.69) is 17.6 Å². The van der Waals surface area contributed by atoms with Crippen LogP contribution in [-0.4, -0.2) is 18.4 Å². The van der Waals surface area contributed by atoms with E-state index in [0.29, 0.717) is 11.4 Å². The number of benzene rings is 2. The Bertz CT molecular complexity index is 681. The first-order valence-corrected chi connectivity index (χ1v) is 7.46. The molecule has 2 rings (SSSR count). The maximum Gasteiger partial charge on any atom is 0.262 e. The van der Waals surface area contributed by atoms with Gasteiger partial charge >= 0.3 is 0 Å². The fourth-order valence-electron chi connectivity index (χ4n) is 2.05. The minimum Gasteiger partial charge on any atom is -0.482 e. The molecule has 0 fully saturated rings. The van der Waals surface area contributed by atoms with Crippen molar-refractivity contribution in [2.45, 2.75) is 20.3 Å². The summed E-state index contributed by atoms with van der Waals surface area (Å²) in [6.07, 6.45) is 0.956. The molecular formula is C18H20N2O3. The summed E-state index contributed by atoms with van der Waals surface area (Å²) in [5.74, 6) is 0.00701. The third-order valence-electron chi connectivity index (χ3n) is 3.20. The van der Waals surface area contributed by atoms with E-state index in [1.54, 1.807) is 24.3 Å². The van der Waals surface area contributed by atoms with E-state index in [4.69, 9.17) is 4.74 Å². The molecule has 5 heteroatoms. The molecule has 0 saturated carbocycles. The predicted molar refractivity (Wildman–Crippen MR) is 90.7 cm³/mol. The summed E-state index contributed by atoms with van der Waals surface area (Å²) in [4.78, 5) is 23.1. The van der Waals surface area contributed by atoms with E-state index in [1.807, 2.05) is 24.3 Å². The predicted octanol–water partition coefficient (Wildman–Crippen LogP) is 3.22. The van der Waals surface area contributed by atoms with Gasteiger partial charge in [0.1, 0.15) is 5.75 Å². The molecule has 0 aliphatic heterocycles. The zero-order valence-corrected chi connectivity index (χ0v) is 13.3. The number of ether oxygens (including phenoxy) is 1. The second-order valence-corrected chi connectivity index (χ2v) is 5.06. The Kier molecular flexibility index (Phi) is 5.74. The van der Waals surface area contributed by atoms with Crippen molar-refractivity contribution in [1.82, 2.24) is 0 Å². The molecule has 0 unspecified atom stereocenters. The third-order valence-corrected chi connectivity index (χ3v) is 3.20. The topological polar surface area (TPSA) is 67.4 Å². The van der Waals surface area contributed by atoms with Crippen molar-refractivity contribution < 1.29 is 14.3 Å². The van der Waals surface area contributed by atoms with E-state index in [0.717, 1.165) is 12.1 Å². The molecule has 0 aliphatic rings. The first kappa shape index (κ1) is 16.5. The average molecular weight is 312 g/mol. The molecule has 0 aliphatic carbocycles. The van der Waals surface area contributed by atoms with Gasteiger partial charge in [0.25, 0.3) is 5.91 Å². The summed E-state index contributed by atoms with van der Waals surface area (Å²) >= 11 is 0. The van der Waals surface area contributed by atoms with Crippen molar-refractivity contribution in [3.8, 4) is 5.75 Å². The Morgan fingerprint density at radius 2 is 1.70 bits per heavy atom. The number of aryl methyl sites for hydroxylation is 1. The van der Waals surface area contributed by atoms with Gasteiger partial charge in [0.05, 0.1) is 5.69 Å². The standard InChI is InChI=1S/C18H20N2O3/c1-3-14-8-10-15(11-9-14)20-18(22)12-23-17-7-5-4-6-16(17)19-13(2)21/h4-11H,3,12H2,1-2H3,(H,19,21)(H,20,22). The average Bonchev–Trinajstić information content (AvgIpc) is 2.54. The molecule has 2 amide bonds. The highest BCUT2D eigenvalue weighted by molar-refractivity contribution is 5.92. The Morgan fingerprint density at radius 1 is 1.00 bits per heavy atom. The molecule has 120 valence electrons. The summed E-state index contributed by atoms with van der Waals surface area (Å²) in [6, 6.07) is 14.7. The maximum atomic E-state index is 12.0. The second-order valence-electron chi connectivity index (χ2n) is 5.06. The first-order chi connectivity index (χ1) is 11.1. The number of carbonyl (C=O) groups excluding carboxylic acids is 2. The van der Waals surface area contributed by atoms with E-state index in [-0.39, 0.29) is 18.4 Å². The summed E-state index contributed by atoms with van der Waals surface area (Å²) < 4.78 is 5.49. The number of rotatable bonds is 6. The minimum absolute atomic E-state index is 0.133. The highest BCUT2D eigenvalue weighted by Gasteiger charge is 2.08. The van der Waals surface area contributed by atoms with Crippen LogP contribution in [0.25, 0.3) is 0 Å². The molecule has 2 N–H and O–H groups in total. The molecule has 2 aromatic carbocycles. The fraction of sp³-hybridized carbons (Fsp3) is 0.222. The third kappa shape index (κ3) is 5.14. The van der Waals surface area contributed by atoms with E-state index >= 15 is 0 Å². The van der Waals surface area contributed by atoms with Crippen molar-refractivity contribution in [2.75, 3.05) is 17.2 Å². The lowest BCUT2D eigenvalue weighted by Gasteiger charge is -2.11. The Morgan fingerprint density at radius 3 is 2.35 bits per heavy atom. The number of para-hydroxylation sites is 2. The van der Waals surface area contributed by atoms with Crippen LogP contribution in [0.4, 0.5) is 11.4 Å². The maximum absolute atomic E-state index is 12.0. The molecule has 0 bridgehead atoms. The molecule has 2 aromatic rings. The van der Waals surface area contributed by atoms with Crippen LogP contribution in [-0.2, 0) is 16.0 Å². The van der Waals surface area contributed by atoms with Gasteiger partial charge in [-0.25, -0.2) is 0 Å². The van der Waals surface area contributed by atoms with Gasteiger partial charge in [-0.3, -0.25) is 9.59 Å². The zero-order chi connectivity index (χ0) is 16.7. The normalized spacial score (nSPS) is 10.0. The van der Waals surface area contributed by atoms with Crippen LogP contribution in [0.15, 0.2) is 48.5 Å². The number of carbonyl (C=O) groups is 2. The van der Waals surface area contributed by atoms with Crippen LogP contribution in [0.5, 0.6) is 5.75 Å². The number of nitrogens with one attached hydrogen (secondary N) is 2. The van der Waals surface area contributed by atoms with Gasteiger partial charge in [0, 0.05) is 12.6 Å². The van der Waals surface area contributed by atoms with Crippen molar-refractivity contribution in [2.24, 2.45) is 0 Å². The molecule has 0 aromatic heterocycles. The van der Waals surface area contributed by atoms with E-state index in [9.17, 15) is 9.59 Å². The molecule has 0 atom stereocenters. The molecule has 23 heavy (non-hydrogen) atoms. The molecule has 0 radical (unpaired) electrons. The summed E-state index contributed by atoms with van der Waals surface area (Å²) in [6.45, 7) is 3.36. The Labute approximate surface area is 135 Å². The van der Waals surface area contributed by atoms with Crippen molar-refractivity contribution in [1.29, 1.82) is 0 Å². The van der Waals surface area contributed by atoms with Crippen LogP contribution >= 0.6 is 0 Å². The zero-order valence-electron chi connectivity index (χ0n) is 13.3. The number of hydrogen-bond donors (Lipinski definition) is 2. The van der Waals surface area contributed by atoms with Gasteiger partial charge in [0.15, 0.2) is 6.61 Å². The number of anilines is 2. The smallest absolute Gasteiger partial charge is 0.262 e. The van der Waals surface area contributed by atoms with E-state index in [1.165, 1.54) is 12.5 Å². The first-order valence-electron chi connectivity index (χ1n) is 7.46. The lowest BCUT2D eigenvalue weighted by Crippen LogP contribution is -2.20.